The van der Waals surface area contributed by atoms with Gasteiger partial charge in [-0.25, -0.2) is 13.8 Å². The van der Waals surface area contributed by atoms with E-state index in [1.165, 1.54) is 17.4 Å². The van der Waals surface area contributed by atoms with Crippen LogP contribution in [0.15, 0.2) is 47.8 Å². The largest absolute Gasteiger partial charge is 0.326 e. The number of hydrogen-bond acceptors (Lipinski definition) is 3. The number of halogens is 2. The van der Waals surface area contributed by atoms with Crippen molar-refractivity contribution in [1.82, 2.24) is 4.98 Å². The number of nitrogens with one attached hydrogen (secondary N) is 1. The van der Waals surface area contributed by atoms with Gasteiger partial charge in [0.25, 0.3) is 0 Å². The lowest BCUT2D eigenvalue weighted by molar-refractivity contribution is -0.115. The van der Waals surface area contributed by atoms with Gasteiger partial charge in [0.1, 0.15) is 5.01 Å². The molecular formula is C18H14F2N2OS. The van der Waals surface area contributed by atoms with E-state index in [0.29, 0.717) is 5.69 Å². The van der Waals surface area contributed by atoms with E-state index < -0.39 is 11.6 Å². The Hall–Kier alpha value is -2.60. The van der Waals surface area contributed by atoms with Gasteiger partial charge in [0.2, 0.25) is 5.91 Å². The molecule has 24 heavy (non-hydrogen) atoms. The number of carbonyl (C=O) groups is 1. The number of aromatic nitrogens is 1. The molecular weight excluding hydrogens is 330 g/mol. The Balaban J connectivity index is 1.68. The van der Waals surface area contributed by atoms with Crippen LogP contribution in [-0.2, 0) is 11.2 Å². The molecule has 0 bridgehead atoms. The molecule has 0 saturated carbocycles. The lowest BCUT2D eigenvalue weighted by Crippen LogP contribution is -2.14. The van der Waals surface area contributed by atoms with E-state index in [9.17, 15) is 13.6 Å². The Morgan fingerprint density at radius 3 is 2.75 bits per heavy atom. The first-order chi connectivity index (χ1) is 11.5. The molecule has 1 N–H and O–H groups in total. The molecule has 0 fully saturated rings. The van der Waals surface area contributed by atoms with Crippen LogP contribution in [-0.4, -0.2) is 10.9 Å². The molecule has 1 heterocycles. The molecule has 0 spiro atoms. The fourth-order valence-electron chi connectivity index (χ4n) is 2.24. The van der Waals surface area contributed by atoms with Gasteiger partial charge in [0.05, 0.1) is 12.1 Å². The molecule has 1 aromatic heterocycles. The first-order valence-electron chi connectivity index (χ1n) is 7.27. The summed E-state index contributed by atoms with van der Waals surface area (Å²) in [6.07, 6.45) is 0.0707. The molecule has 0 atom stereocenters. The molecule has 0 radical (unpaired) electrons. The van der Waals surface area contributed by atoms with Crippen molar-refractivity contribution in [3.8, 4) is 10.6 Å². The minimum atomic E-state index is -0.997. The number of aryl methyl sites for hydroxylation is 1. The zero-order valence-electron chi connectivity index (χ0n) is 12.8. The maximum absolute atomic E-state index is 13.1. The molecule has 3 nitrogen and oxygen atoms in total. The molecule has 122 valence electrons. The second kappa shape index (κ2) is 6.88. The summed E-state index contributed by atoms with van der Waals surface area (Å²) in [7, 11) is 0. The smallest absolute Gasteiger partial charge is 0.230 e. The first-order valence-corrected chi connectivity index (χ1v) is 8.15. The summed E-state index contributed by atoms with van der Waals surface area (Å²) in [6.45, 7) is 2.01. The van der Waals surface area contributed by atoms with Crippen LogP contribution in [0, 0.1) is 18.6 Å². The fourth-order valence-corrected chi connectivity index (χ4v) is 3.06. The Morgan fingerprint density at radius 2 is 2.00 bits per heavy atom. The number of thiazole rings is 1. The summed E-state index contributed by atoms with van der Waals surface area (Å²) >= 11 is 1.46. The van der Waals surface area contributed by atoms with E-state index in [1.54, 1.807) is 0 Å². The van der Waals surface area contributed by atoms with E-state index >= 15 is 0 Å². The van der Waals surface area contributed by atoms with E-state index in [4.69, 9.17) is 0 Å². The van der Waals surface area contributed by atoms with Crippen molar-refractivity contribution >= 4 is 22.9 Å². The number of anilines is 1. The quantitative estimate of drug-likeness (QED) is 0.753. The Kier molecular flexibility index (Phi) is 4.66. The van der Waals surface area contributed by atoms with Gasteiger partial charge < -0.3 is 5.32 Å². The van der Waals surface area contributed by atoms with Gasteiger partial charge in [-0.15, -0.1) is 11.3 Å². The highest BCUT2D eigenvalue weighted by molar-refractivity contribution is 7.13. The van der Waals surface area contributed by atoms with Crippen LogP contribution in [0.5, 0.6) is 0 Å². The van der Waals surface area contributed by atoms with Gasteiger partial charge in [-0.3, -0.25) is 4.79 Å². The van der Waals surface area contributed by atoms with Crippen molar-refractivity contribution in [3.63, 3.8) is 0 Å². The van der Waals surface area contributed by atoms with Gasteiger partial charge >= 0.3 is 0 Å². The van der Waals surface area contributed by atoms with Crippen LogP contribution in [0.25, 0.3) is 10.6 Å². The summed E-state index contributed by atoms with van der Waals surface area (Å²) < 4.78 is 26.0. The van der Waals surface area contributed by atoms with Crippen LogP contribution in [0.2, 0.25) is 0 Å². The topological polar surface area (TPSA) is 42.0 Å². The monoisotopic (exact) mass is 344 g/mol. The minimum absolute atomic E-state index is 0.0707. The van der Waals surface area contributed by atoms with E-state index in [-0.39, 0.29) is 18.0 Å². The number of benzene rings is 2. The molecule has 6 heteroatoms. The summed E-state index contributed by atoms with van der Waals surface area (Å²) in [6, 6.07) is 11.2. The molecule has 2 aromatic carbocycles. The Morgan fingerprint density at radius 1 is 1.17 bits per heavy atom. The molecule has 0 saturated heterocycles. The third-order valence-corrected chi connectivity index (χ3v) is 4.30. The van der Waals surface area contributed by atoms with Crippen molar-refractivity contribution in [2.75, 3.05) is 5.32 Å². The third kappa shape index (κ3) is 3.83. The van der Waals surface area contributed by atoms with Crippen molar-refractivity contribution < 1.29 is 13.6 Å². The van der Waals surface area contributed by atoms with Gasteiger partial charge in [-0.2, -0.15) is 0 Å². The van der Waals surface area contributed by atoms with Gasteiger partial charge in [0.15, 0.2) is 11.6 Å². The Bertz CT molecular complexity index is 892. The van der Waals surface area contributed by atoms with Crippen LogP contribution in [0.3, 0.4) is 0 Å². The zero-order valence-corrected chi connectivity index (χ0v) is 13.7. The molecule has 0 aliphatic carbocycles. The summed E-state index contributed by atoms with van der Waals surface area (Å²) in [5, 5.41) is 5.20. The zero-order chi connectivity index (χ0) is 17.1. The highest BCUT2D eigenvalue weighted by atomic mass is 32.1. The van der Waals surface area contributed by atoms with Crippen molar-refractivity contribution in [1.29, 1.82) is 0 Å². The van der Waals surface area contributed by atoms with Crippen LogP contribution in [0.1, 0.15) is 11.3 Å². The molecule has 0 unspecified atom stereocenters. The van der Waals surface area contributed by atoms with Crippen LogP contribution in [0.4, 0.5) is 14.5 Å². The van der Waals surface area contributed by atoms with Gasteiger partial charge in [-0.05, 0) is 25.1 Å². The fraction of sp³-hybridized carbons (Fsp3) is 0.111. The second-order valence-electron chi connectivity index (χ2n) is 5.37. The number of carbonyl (C=O) groups excluding carboxylic acids is 1. The first kappa shape index (κ1) is 16.3. The van der Waals surface area contributed by atoms with E-state index in [1.807, 2.05) is 36.6 Å². The van der Waals surface area contributed by atoms with Gasteiger partial charge in [0, 0.05) is 22.7 Å². The summed E-state index contributed by atoms with van der Waals surface area (Å²) in [4.78, 5) is 16.5. The number of rotatable bonds is 4. The van der Waals surface area contributed by atoms with Crippen LogP contribution < -0.4 is 5.32 Å². The lowest BCUT2D eigenvalue weighted by atomic mass is 10.1. The maximum Gasteiger partial charge on any atom is 0.230 e. The SMILES string of the molecule is Cc1cccc(-c2nc(CC(=O)Nc3ccc(F)c(F)c3)cs2)c1. The summed E-state index contributed by atoms with van der Waals surface area (Å²) in [5.41, 5.74) is 3.00. The Labute approximate surface area is 142 Å². The average Bonchev–Trinajstić information content (AvgIpc) is 2.99. The predicted molar refractivity (Wildman–Crippen MR) is 91.0 cm³/mol. The van der Waals surface area contributed by atoms with Crippen molar-refractivity contribution in [3.05, 3.63) is 70.7 Å². The second-order valence-corrected chi connectivity index (χ2v) is 6.23. The number of nitrogens with zero attached hydrogens (tertiary/aromatic N) is 1. The molecule has 3 rings (SSSR count). The normalized spacial score (nSPS) is 10.6. The highest BCUT2D eigenvalue weighted by Crippen LogP contribution is 2.24. The molecule has 3 aromatic rings. The maximum atomic E-state index is 13.1. The highest BCUT2D eigenvalue weighted by Gasteiger charge is 2.11. The lowest BCUT2D eigenvalue weighted by Gasteiger charge is -2.04. The standard InChI is InChI=1S/C18H14F2N2OS/c1-11-3-2-4-12(7-11)18-22-14(10-24-18)9-17(23)21-13-5-6-15(19)16(20)8-13/h2-8,10H,9H2,1H3,(H,21,23). The average molecular weight is 344 g/mol. The van der Waals surface area contributed by atoms with Gasteiger partial charge in [-0.1, -0.05) is 23.8 Å². The number of amides is 1. The van der Waals surface area contributed by atoms with Crippen molar-refractivity contribution in [2.45, 2.75) is 13.3 Å². The summed E-state index contributed by atoms with van der Waals surface area (Å²) in [5.74, 6) is -2.28. The van der Waals surface area contributed by atoms with Crippen LogP contribution >= 0.6 is 11.3 Å². The number of hydrogen-bond donors (Lipinski definition) is 1. The molecule has 0 aliphatic heterocycles. The molecule has 0 aliphatic rings. The van der Waals surface area contributed by atoms with E-state index in [2.05, 4.69) is 10.3 Å². The minimum Gasteiger partial charge on any atom is -0.326 e. The molecule has 1 amide bonds. The predicted octanol–water partition coefficient (Wildman–Crippen LogP) is 4.58. The van der Waals surface area contributed by atoms with Crippen molar-refractivity contribution in [2.24, 2.45) is 0 Å². The third-order valence-electron chi connectivity index (χ3n) is 3.36. The van der Waals surface area contributed by atoms with E-state index in [0.717, 1.165) is 28.3 Å².